The third-order valence-electron chi connectivity index (χ3n) is 4.80. The number of fused-ring (bicyclic) bond motifs is 1. The van der Waals surface area contributed by atoms with E-state index in [0.29, 0.717) is 11.3 Å². The van der Waals surface area contributed by atoms with E-state index in [1.165, 1.54) is 18.3 Å². The van der Waals surface area contributed by atoms with Gasteiger partial charge < -0.3 is 10.6 Å². The highest BCUT2D eigenvalue weighted by atomic mass is 79.9. The van der Waals surface area contributed by atoms with E-state index in [-0.39, 0.29) is 16.4 Å². The summed E-state index contributed by atoms with van der Waals surface area (Å²) in [5.41, 5.74) is 4.28. The quantitative estimate of drug-likeness (QED) is 0.141. The van der Waals surface area contributed by atoms with Crippen molar-refractivity contribution in [3.63, 3.8) is 0 Å². The summed E-state index contributed by atoms with van der Waals surface area (Å²) in [6.45, 7) is 0. The molecule has 0 radical (unpaired) electrons. The molecule has 35 heavy (non-hydrogen) atoms. The van der Waals surface area contributed by atoms with Crippen molar-refractivity contribution in [3.05, 3.63) is 99.6 Å². The van der Waals surface area contributed by atoms with Crippen molar-refractivity contribution < 1.29 is 14.4 Å². The molecular formula is C25H17BrClN5O3. The molecule has 3 N–H and O–H groups in total. The van der Waals surface area contributed by atoms with Crippen LogP contribution in [0.5, 0.6) is 0 Å². The molecule has 8 nitrogen and oxygen atoms in total. The van der Waals surface area contributed by atoms with Gasteiger partial charge in [0.25, 0.3) is 5.91 Å². The number of halogens is 2. The molecule has 3 aromatic carbocycles. The van der Waals surface area contributed by atoms with Crippen LogP contribution in [0.15, 0.2) is 88.4 Å². The lowest BCUT2D eigenvalue weighted by atomic mass is 10.1. The van der Waals surface area contributed by atoms with Crippen LogP contribution < -0.4 is 16.1 Å². The molecular weight excluding hydrogens is 534 g/mol. The van der Waals surface area contributed by atoms with Gasteiger partial charge in [-0.05, 0) is 48.5 Å². The summed E-state index contributed by atoms with van der Waals surface area (Å²) >= 11 is 9.50. The van der Waals surface area contributed by atoms with Crippen molar-refractivity contribution in [2.75, 3.05) is 10.6 Å². The number of pyridine rings is 1. The zero-order valence-corrected chi connectivity index (χ0v) is 20.3. The second kappa shape index (κ2) is 10.9. The summed E-state index contributed by atoms with van der Waals surface area (Å²) in [5, 5.41) is 10.0. The predicted molar refractivity (Wildman–Crippen MR) is 140 cm³/mol. The van der Waals surface area contributed by atoms with E-state index < -0.39 is 17.7 Å². The van der Waals surface area contributed by atoms with Crippen molar-refractivity contribution in [3.8, 4) is 0 Å². The molecule has 0 spiro atoms. The molecule has 4 aromatic rings. The van der Waals surface area contributed by atoms with E-state index in [1.807, 2.05) is 24.3 Å². The number of benzene rings is 3. The number of nitrogens with zero attached hydrogens (tertiary/aromatic N) is 2. The van der Waals surface area contributed by atoms with Crippen LogP contribution in [-0.4, -0.2) is 28.9 Å². The SMILES string of the molecule is O=C(N/N=C/c1cc2ccccc2nc1Cl)C(=O)Nc1ccccc1C(=O)Nc1ccc(Br)cc1. The molecule has 0 aliphatic rings. The van der Waals surface area contributed by atoms with Crippen molar-refractivity contribution in [2.24, 2.45) is 5.10 Å². The fraction of sp³-hybridized carbons (Fsp3) is 0. The van der Waals surface area contributed by atoms with Crippen LogP contribution in [0.1, 0.15) is 15.9 Å². The van der Waals surface area contributed by atoms with Gasteiger partial charge in [0.15, 0.2) is 0 Å². The zero-order chi connectivity index (χ0) is 24.8. The van der Waals surface area contributed by atoms with Crippen LogP contribution in [0.3, 0.4) is 0 Å². The third-order valence-corrected chi connectivity index (χ3v) is 5.63. The Morgan fingerprint density at radius 1 is 0.886 bits per heavy atom. The number of amides is 3. The molecule has 1 aromatic heterocycles. The van der Waals surface area contributed by atoms with Gasteiger partial charge in [0.2, 0.25) is 0 Å². The predicted octanol–water partition coefficient (Wildman–Crippen LogP) is 4.99. The Bertz CT molecular complexity index is 1460. The number of nitrogens with one attached hydrogen (secondary N) is 3. The van der Waals surface area contributed by atoms with E-state index in [1.54, 1.807) is 42.5 Å². The second-order valence-corrected chi connectivity index (χ2v) is 8.49. The molecule has 10 heteroatoms. The minimum atomic E-state index is -1.02. The first-order chi connectivity index (χ1) is 16.9. The van der Waals surface area contributed by atoms with Gasteiger partial charge in [-0.1, -0.05) is 57.9 Å². The topological polar surface area (TPSA) is 113 Å². The summed E-state index contributed by atoms with van der Waals surface area (Å²) in [5.74, 6) is -2.46. The molecule has 0 unspecified atom stereocenters. The lowest BCUT2D eigenvalue weighted by Gasteiger charge is -2.11. The van der Waals surface area contributed by atoms with Crippen molar-refractivity contribution in [2.45, 2.75) is 0 Å². The maximum absolute atomic E-state index is 12.7. The summed E-state index contributed by atoms with van der Waals surface area (Å²) in [4.78, 5) is 41.6. The summed E-state index contributed by atoms with van der Waals surface area (Å²) in [6, 6.07) is 22.5. The van der Waals surface area contributed by atoms with Gasteiger partial charge in [0.1, 0.15) is 5.15 Å². The highest BCUT2D eigenvalue weighted by molar-refractivity contribution is 9.10. The Labute approximate surface area is 213 Å². The van der Waals surface area contributed by atoms with E-state index in [2.05, 4.69) is 42.1 Å². The van der Waals surface area contributed by atoms with Gasteiger partial charge in [0, 0.05) is 21.1 Å². The van der Waals surface area contributed by atoms with Crippen molar-refractivity contribution in [1.29, 1.82) is 0 Å². The monoisotopic (exact) mass is 549 g/mol. The highest BCUT2D eigenvalue weighted by Crippen LogP contribution is 2.20. The van der Waals surface area contributed by atoms with Crippen molar-refractivity contribution >= 4 is 73.7 Å². The Morgan fingerprint density at radius 3 is 2.40 bits per heavy atom. The molecule has 0 atom stereocenters. The Hall–Kier alpha value is -4.08. The first-order valence-electron chi connectivity index (χ1n) is 10.3. The average molecular weight is 551 g/mol. The number of hydrogen-bond donors (Lipinski definition) is 3. The molecule has 0 aliphatic heterocycles. The lowest BCUT2D eigenvalue weighted by molar-refractivity contribution is -0.136. The number of hydrogen-bond acceptors (Lipinski definition) is 5. The molecule has 0 saturated heterocycles. The van der Waals surface area contributed by atoms with Gasteiger partial charge >= 0.3 is 11.8 Å². The fourth-order valence-electron chi connectivity index (χ4n) is 3.11. The van der Waals surface area contributed by atoms with E-state index in [4.69, 9.17) is 11.6 Å². The number of carbonyl (C=O) groups is 3. The van der Waals surface area contributed by atoms with Gasteiger partial charge in [0.05, 0.1) is 23.0 Å². The Kier molecular flexibility index (Phi) is 7.49. The second-order valence-electron chi connectivity index (χ2n) is 7.22. The van der Waals surface area contributed by atoms with Crippen molar-refractivity contribution in [1.82, 2.24) is 10.4 Å². The van der Waals surface area contributed by atoms with Gasteiger partial charge in [-0.15, -0.1) is 0 Å². The van der Waals surface area contributed by atoms with E-state index >= 15 is 0 Å². The van der Waals surface area contributed by atoms with Crippen LogP contribution >= 0.6 is 27.5 Å². The molecule has 1 heterocycles. The number of para-hydroxylation sites is 2. The highest BCUT2D eigenvalue weighted by Gasteiger charge is 2.18. The number of hydrazone groups is 1. The maximum atomic E-state index is 12.7. The first-order valence-corrected chi connectivity index (χ1v) is 11.4. The van der Waals surface area contributed by atoms with E-state index in [0.717, 1.165) is 15.4 Å². The van der Waals surface area contributed by atoms with Crippen LogP contribution in [0.4, 0.5) is 11.4 Å². The molecule has 0 fully saturated rings. The molecule has 0 bridgehead atoms. The first kappa shape index (κ1) is 24.1. The Balaban J connectivity index is 1.41. The molecule has 3 amide bonds. The van der Waals surface area contributed by atoms with Gasteiger partial charge in [-0.25, -0.2) is 10.4 Å². The number of aromatic nitrogens is 1. The number of rotatable bonds is 5. The molecule has 0 aliphatic carbocycles. The van der Waals surface area contributed by atoms with Gasteiger partial charge in [-0.3, -0.25) is 14.4 Å². The lowest BCUT2D eigenvalue weighted by Crippen LogP contribution is -2.33. The number of anilines is 2. The summed E-state index contributed by atoms with van der Waals surface area (Å²) in [7, 11) is 0. The maximum Gasteiger partial charge on any atom is 0.329 e. The molecule has 0 saturated carbocycles. The fourth-order valence-corrected chi connectivity index (χ4v) is 3.57. The standard InChI is InChI=1S/C25H17BrClN5O3/c26-17-9-11-18(12-10-17)29-23(33)19-6-2-4-8-21(19)31-24(34)25(35)32-28-14-16-13-15-5-1-3-7-20(15)30-22(16)27/h1-14H,(H,29,33)(H,31,34)(H,32,35)/b28-14+. The summed E-state index contributed by atoms with van der Waals surface area (Å²) in [6.07, 6.45) is 1.30. The van der Waals surface area contributed by atoms with Crippen LogP contribution in [0.2, 0.25) is 5.15 Å². The summed E-state index contributed by atoms with van der Waals surface area (Å²) < 4.78 is 0.871. The van der Waals surface area contributed by atoms with E-state index in [9.17, 15) is 14.4 Å². The minimum absolute atomic E-state index is 0.174. The molecule has 4 rings (SSSR count). The smallest absolute Gasteiger partial charge is 0.322 e. The van der Waals surface area contributed by atoms with Crippen LogP contribution in [0, 0.1) is 0 Å². The normalized spacial score (nSPS) is 10.8. The van der Waals surface area contributed by atoms with Crippen LogP contribution in [-0.2, 0) is 9.59 Å². The Morgan fingerprint density at radius 2 is 1.60 bits per heavy atom. The molecule has 174 valence electrons. The third kappa shape index (κ3) is 6.08. The minimum Gasteiger partial charge on any atom is -0.322 e. The van der Waals surface area contributed by atoms with Gasteiger partial charge in [-0.2, -0.15) is 5.10 Å². The average Bonchev–Trinajstić information content (AvgIpc) is 2.86. The zero-order valence-electron chi connectivity index (χ0n) is 18.0. The van der Waals surface area contributed by atoms with Crippen LogP contribution in [0.25, 0.3) is 10.9 Å². The number of carbonyl (C=O) groups excluding carboxylic acids is 3. The largest absolute Gasteiger partial charge is 0.329 e.